The average molecular weight is 254 g/mol. The third kappa shape index (κ3) is 6.93. The molecule has 0 radical (unpaired) electrons. The molecule has 0 bridgehead atoms. The Morgan fingerprint density at radius 2 is 1.65 bits per heavy atom. The van der Waals surface area contributed by atoms with Crippen LogP contribution in [-0.2, 0) is 4.79 Å². The quantitative estimate of drug-likeness (QED) is 0.627. The SMILES string of the molecule is CC(=N)C1CCC(N)CC1.O=C(O)C(F)(F)F. The zero-order valence-corrected chi connectivity index (χ0v) is 9.55. The van der Waals surface area contributed by atoms with Crippen LogP contribution >= 0.6 is 0 Å². The Kier molecular flexibility index (Phi) is 6.15. The molecular weight excluding hydrogens is 237 g/mol. The van der Waals surface area contributed by atoms with Gasteiger partial charge in [-0.3, -0.25) is 0 Å². The van der Waals surface area contributed by atoms with Crippen molar-refractivity contribution in [2.24, 2.45) is 11.7 Å². The molecule has 0 aromatic carbocycles. The summed E-state index contributed by atoms with van der Waals surface area (Å²) in [7, 11) is 0. The summed E-state index contributed by atoms with van der Waals surface area (Å²) in [4.78, 5) is 8.90. The van der Waals surface area contributed by atoms with E-state index in [1.165, 1.54) is 0 Å². The molecule has 0 heterocycles. The Hall–Kier alpha value is -1.11. The highest BCUT2D eigenvalue weighted by Crippen LogP contribution is 2.23. The van der Waals surface area contributed by atoms with Crippen LogP contribution in [0.3, 0.4) is 0 Å². The summed E-state index contributed by atoms with van der Waals surface area (Å²) < 4.78 is 31.7. The Morgan fingerprint density at radius 1 is 1.29 bits per heavy atom. The summed E-state index contributed by atoms with van der Waals surface area (Å²) in [5.41, 5.74) is 6.57. The highest BCUT2D eigenvalue weighted by Gasteiger charge is 2.38. The third-order valence-corrected chi connectivity index (χ3v) is 2.63. The van der Waals surface area contributed by atoms with Gasteiger partial charge in [0.1, 0.15) is 0 Å². The maximum absolute atomic E-state index is 10.6. The lowest BCUT2D eigenvalue weighted by Gasteiger charge is -2.25. The van der Waals surface area contributed by atoms with Crippen molar-refractivity contribution < 1.29 is 23.1 Å². The smallest absolute Gasteiger partial charge is 0.475 e. The second-order valence-corrected chi connectivity index (χ2v) is 4.10. The molecule has 0 saturated heterocycles. The molecule has 0 atom stereocenters. The van der Waals surface area contributed by atoms with Gasteiger partial charge in [-0.15, -0.1) is 0 Å². The van der Waals surface area contributed by atoms with Gasteiger partial charge in [-0.25, -0.2) is 4.79 Å². The molecule has 0 unspecified atom stereocenters. The summed E-state index contributed by atoms with van der Waals surface area (Å²) >= 11 is 0. The van der Waals surface area contributed by atoms with Gasteiger partial charge >= 0.3 is 12.1 Å². The number of rotatable bonds is 1. The maximum Gasteiger partial charge on any atom is 0.490 e. The van der Waals surface area contributed by atoms with Crippen molar-refractivity contribution in [2.75, 3.05) is 0 Å². The van der Waals surface area contributed by atoms with Gasteiger partial charge < -0.3 is 16.2 Å². The highest BCUT2D eigenvalue weighted by molar-refractivity contribution is 5.81. The summed E-state index contributed by atoms with van der Waals surface area (Å²) in [6.45, 7) is 1.90. The van der Waals surface area contributed by atoms with Crippen LogP contribution in [0.25, 0.3) is 0 Å². The highest BCUT2D eigenvalue weighted by atomic mass is 19.4. The molecule has 1 rings (SSSR count). The van der Waals surface area contributed by atoms with Crippen molar-refractivity contribution in [1.82, 2.24) is 0 Å². The molecule has 0 aromatic heterocycles. The summed E-state index contributed by atoms with van der Waals surface area (Å²) in [6.07, 6.45) is -0.589. The first-order chi connectivity index (χ1) is 7.64. The fraction of sp³-hybridized carbons (Fsp3) is 0.800. The number of nitrogens with one attached hydrogen (secondary N) is 1. The number of hydrogen-bond acceptors (Lipinski definition) is 3. The van der Waals surface area contributed by atoms with Crippen LogP contribution in [0.4, 0.5) is 13.2 Å². The topological polar surface area (TPSA) is 87.2 Å². The molecule has 1 saturated carbocycles. The minimum Gasteiger partial charge on any atom is -0.475 e. The van der Waals surface area contributed by atoms with Crippen LogP contribution in [0.1, 0.15) is 32.6 Å². The molecule has 1 fully saturated rings. The largest absolute Gasteiger partial charge is 0.490 e. The van der Waals surface area contributed by atoms with E-state index in [0.717, 1.165) is 31.4 Å². The first kappa shape index (κ1) is 15.9. The number of aliphatic carboxylic acids is 1. The molecule has 17 heavy (non-hydrogen) atoms. The van der Waals surface area contributed by atoms with Crippen molar-refractivity contribution in [3.63, 3.8) is 0 Å². The van der Waals surface area contributed by atoms with E-state index in [2.05, 4.69) is 0 Å². The number of carboxylic acids is 1. The monoisotopic (exact) mass is 254 g/mol. The van der Waals surface area contributed by atoms with E-state index in [9.17, 15) is 13.2 Å². The standard InChI is InChI=1S/C8H16N2.C2HF3O2/c1-6(9)7-2-4-8(10)5-3-7;3-2(4,5)1(6)7/h7-9H,2-5,10H2,1H3;(H,6,7). The lowest BCUT2D eigenvalue weighted by atomic mass is 9.84. The fourth-order valence-electron chi connectivity index (χ4n) is 1.55. The summed E-state index contributed by atoms with van der Waals surface area (Å²) in [6, 6.07) is 0.413. The van der Waals surface area contributed by atoms with Gasteiger partial charge in [0, 0.05) is 11.8 Å². The van der Waals surface area contributed by atoms with Crippen LogP contribution < -0.4 is 5.73 Å². The van der Waals surface area contributed by atoms with Gasteiger partial charge in [0.05, 0.1) is 0 Å². The van der Waals surface area contributed by atoms with Crippen molar-refractivity contribution >= 4 is 11.7 Å². The Labute approximate surface area is 97.5 Å². The van der Waals surface area contributed by atoms with Gasteiger partial charge in [0.15, 0.2) is 0 Å². The van der Waals surface area contributed by atoms with E-state index in [1.54, 1.807) is 0 Å². The van der Waals surface area contributed by atoms with Crippen LogP contribution in [0.15, 0.2) is 0 Å². The molecular formula is C10H17F3N2O2. The molecule has 0 aliphatic heterocycles. The predicted octanol–water partition coefficient (Wildman–Crippen LogP) is 2.18. The van der Waals surface area contributed by atoms with Crippen molar-refractivity contribution in [2.45, 2.75) is 44.8 Å². The van der Waals surface area contributed by atoms with E-state index >= 15 is 0 Å². The van der Waals surface area contributed by atoms with Crippen LogP contribution in [0.5, 0.6) is 0 Å². The third-order valence-electron chi connectivity index (χ3n) is 2.63. The fourth-order valence-corrected chi connectivity index (χ4v) is 1.55. The number of carboxylic acid groups (broad SMARTS) is 1. The first-order valence-corrected chi connectivity index (χ1v) is 5.25. The number of carbonyl (C=O) groups is 1. The summed E-state index contributed by atoms with van der Waals surface area (Å²) in [5, 5.41) is 14.5. The van der Waals surface area contributed by atoms with Gasteiger partial charge in [-0.1, -0.05) is 0 Å². The number of halogens is 3. The van der Waals surface area contributed by atoms with Crippen LogP contribution in [0, 0.1) is 11.3 Å². The molecule has 1 aliphatic carbocycles. The molecule has 7 heteroatoms. The van der Waals surface area contributed by atoms with Gasteiger partial charge in [0.25, 0.3) is 0 Å². The zero-order valence-electron chi connectivity index (χ0n) is 9.55. The second kappa shape index (κ2) is 6.58. The lowest BCUT2D eigenvalue weighted by Crippen LogP contribution is -2.28. The minimum atomic E-state index is -5.08. The lowest BCUT2D eigenvalue weighted by molar-refractivity contribution is -0.192. The van der Waals surface area contributed by atoms with Gasteiger partial charge in [0.2, 0.25) is 0 Å². The Balaban J connectivity index is 0.000000325. The molecule has 0 spiro atoms. The van der Waals surface area contributed by atoms with Gasteiger partial charge in [-0.05, 0) is 38.5 Å². The van der Waals surface area contributed by atoms with E-state index < -0.39 is 12.1 Å². The average Bonchev–Trinajstić information content (AvgIpc) is 2.17. The van der Waals surface area contributed by atoms with E-state index in [-0.39, 0.29) is 0 Å². The number of alkyl halides is 3. The molecule has 4 N–H and O–H groups in total. The van der Waals surface area contributed by atoms with E-state index in [1.807, 2.05) is 6.92 Å². The molecule has 0 aromatic rings. The second-order valence-electron chi connectivity index (χ2n) is 4.10. The van der Waals surface area contributed by atoms with Crippen molar-refractivity contribution in [1.29, 1.82) is 5.41 Å². The van der Waals surface area contributed by atoms with Crippen molar-refractivity contribution in [3.05, 3.63) is 0 Å². The van der Waals surface area contributed by atoms with Crippen molar-refractivity contribution in [3.8, 4) is 0 Å². The number of hydrogen-bond donors (Lipinski definition) is 3. The van der Waals surface area contributed by atoms with Crippen LogP contribution in [-0.4, -0.2) is 29.0 Å². The zero-order chi connectivity index (χ0) is 13.6. The Bertz CT molecular complexity index is 271. The molecule has 4 nitrogen and oxygen atoms in total. The maximum atomic E-state index is 10.6. The van der Waals surface area contributed by atoms with Crippen LogP contribution in [0.2, 0.25) is 0 Å². The molecule has 100 valence electrons. The Morgan fingerprint density at radius 3 is 1.88 bits per heavy atom. The summed E-state index contributed by atoms with van der Waals surface area (Å²) in [5.74, 6) is -2.22. The molecule has 1 aliphatic rings. The normalized spacial score (nSPS) is 24.5. The minimum absolute atomic E-state index is 0.413. The van der Waals surface area contributed by atoms with Gasteiger partial charge in [-0.2, -0.15) is 13.2 Å². The molecule has 0 amide bonds. The number of nitrogens with two attached hydrogens (primary N) is 1. The van der Waals surface area contributed by atoms with E-state index in [0.29, 0.717) is 12.0 Å². The first-order valence-electron chi connectivity index (χ1n) is 5.25. The predicted molar refractivity (Wildman–Crippen MR) is 57.0 cm³/mol. The van der Waals surface area contributed by atoms with E-state index in [4.69, 9.17) is 21.0 Å².